The molecule has 3 aromatic carbocycles. The molecule has 0 spiro atoms. The van der Waals surface area contributed by atoms with E-state index in [0.717, 1.165) is 21.9 Å². The van der Waals surface area contributed by atoms with Gasteiger partial charge in [-0.1, -0.05) is 72.3 Å². The third kappa shape index (κ3) is 2.63. The molecule has 1 heterocycles. The Kier molecular flexibility index (Phi) is 3.51. The monoisotopic (exact) mass is 312 g/mol. The van der Waals surface area contributed by atoms with Crippen molar-refractivity contribution in [1.82, 2.24) is 0 Å². The minimum Gasteiger partial charge on any atom is -0.422 e. The Morgan fingerprint density at radius 1 is 0.875 bits per heavy atom. The molecule has 0 aromatic heterocycles. The maximum atomic E-state index is 12.2. The van der Waals surface area contributed by atoms with Gasteiger partial charge < -0.3 is 4.74 Å². The topological polar surface area (TPSA) is 26.3 Å². The SMILES string of the molecule is Cc1ccc(C2=C/C(=C\c3cccc4ccccc34)C(=O)O2)cc1. The number of hydrogen-bond acceptors (Lipinski definition) is 2. The maximum absolute atomic E-state index is 12.2. The minimum absolute atomic E-state index is 0.307. The first-order valence-corrected chi connectivity index (χ1v) is 7.91. The molecular formula is C22H16O2. The molecule has 0 amide bonds. The van der Waals surface area contributed by atoms with Crippen molar-refractivity contribution in [3.8, 4) is 0 Å². The van der Waals surface area contributed by atoms with Gasteiger partial charge in [0.2, 0.25) is 0 Å². The van der Waals surface area contributed by atoms with Crippen molar-refractivity contribution < 1.29 is 9.53 Å². The van der Waals surface area contributed by atoms with Gasteiger partial charge >= 0.3 is 5.97 Å². The summed E-state index contributed by atoms with van der Waals surface area (Å²) in [5.74, 6) is 0.296. The number of hydrogen-bond donors (Lipinski definition) is 0. The van der Waals surface area contributed by atoms with Crippen molar-refractivity contribution in [2.75, 3.05) is 0 Å². The third-order valence-electron chi connectivity index (χ3n) is 4.20. The van der Waals surface area contributed by atoms with Crippen LogP contribution in [-0.2, 0) is 9.53 Å². The minimum atomic E-state index is -0.307. The van der Waals surface area contributed by atoms with E-state index >= 15 is 0 Å². The van der Waals surface area contributed by atoms with E-state index in [4.69, 9.17) is 4.74 Å². The van der Waals surface area contributed by atoms with Gasteiger partial charge in [-0.3, -0.25) is 0 Å². The summed E-state index contributed by atoms with van der Waals surface area (Å²) in [6.07, 6.45) is 3.71. The number of rotatable bonds is 2. The second-order valence-electron chi connectivity index (χ2n) is 5.93. The standard InChI is InChI=1S/C22H16O2/c1-15-9-11-17(12-10-15)21-14-19(22(23)24-21)13-18-7-4-6-16-5-2-3-8-20(16)18/h2-14H,1H3/b19-13+. The molecule has 2 heteroatoms. The number of benzene rings is 3. The first-order valence-electron chi connectivity index (χ1n) is 7.91. The zero-order valence-electron chi connectivity index (χ0n) is 13.3. The summed E-state index contributed by atoms with van der Waals surface area (Å²) in [7, 11) is 0. The van der Waals surface area contributed by atoms with Gasteiger partial charge in [0.15, 0.2) is 0 Å². The Morgan fingerprint density at radius 2 is 1.62 bits per heavy atom. The fourth-order valence-electron chi connectivity index (χ4n) is 2.89. The molecule has 116 valence electrons. The van der Waals surface area contributed by atoms with Crippen LogP contribution in [0.2, 0.25) is 0 Å². The fourth-order valence-corrected chi connectivity index (χ4v) is 2.89. The van der Waals surface area contributed by atoms with Crippen LogP contribution >= 0.6 is 0 Å². The van der Waals surface area contributed by atoms with Gasteiger partial charge in [0, 0.05) is 5.56 Å². The van der Waals surface area contributed by atoms with Crippen LogP contribution in [0.15, 0.2) is 78.4 Å². The largest absolute Gasteiger partial charge is 0.422 e. The zero-order chi connectivity index (χ0) is 16.5. The lowest BCUT2D eigenvalue weighted by molar-refractivity contribution is -0.130. The maximum Gasteiger partial charge on any atom is 0.343 e. The van der Waals surface area contributed by atoms with E-state index in [2.05, 4.69) is 18.2 Å². The predicted octanol–water partition coefficient (Wildman–Crippen LogP) is 5.13. The van der Waals surface area contributed by atoms with Gasteiger partial charge in [0.05, 0.1) is 5.57 Å². The molecule has 0 radical (unpaired) electrons. The molecule has 1 aliphatic rings. The lowest BCUT2D eigenvalue weighted by Crippen LogP contribution is -1.97. The molecule has 0 N–H and O–H groups in total. The zero-order valence-corrected chi connectivity index (χ0v) is 13.3. The van der Waals surface area contributed by atoms with Gasteiger partial charge in [0.1, 0.15) is 5.76 Å². The summed E-state index contributed by atoms with van der Waals surface area (Å²) in [5.41, 5.74) is 3.67. The number of esters is 1. The third-order valence-corrected chi connectivity index (χ3v) is 4.20. The summed E-state index contributed by atoms with van der Waals surface area (Å²) in [6.45, 7) is 2.03. The van der Waals surface area contributed by atoms with Crippen molar-refractivity contribution in [3.63, 3.8) is 0 Å². The second kappa shape index (κ2) is 5.82. The number of carbonyl (C=O) groups is 1. The number of aryl methyl sites for hydroxylation is 1. The summed E-state index contributed by atoms with van der Waals surface area (Å²) in [4.78, 5) is 12.2. The summed E-state index contributed by atoms with van der Waals surface area (Å²) in [6, 6.07) is 22.2. The van der Waals surface area contributed by atoms with Crippen LogP contribution in [0.25, 0.3) is 22.6 Å². The number of carbonyl (C=O) groups excluding carboxylic acids is 1. The average molecular weight is 312 g/mol. The fraction of sp³-hybridized carbons (Fsp3) is 0.0455. The first-order chi connectivity index (χ1) is 11.7. The highest BCUT2D eigenvalue weighted by Crippen LogP contribution is 2.29. The molecule has 24 heavy (non-hydrogen) atoms. The van der Waals surface area contributed by atoms with Crippen LogP contribution in [0, 0.1) is 6.92 Å². The van der Waals surface area contributed by atoms with Gasteiger partial charge in [-0.25, -0.2) is 4.79 Å². The smallest absolute Gasteiger partial charge is 0.343 e. The van der Waals surface area contributed by atoms with Crippen LogP contribution in [-0.4, -0.2) is 5.97 Å². The highest BCUT2D eigenvalue weighted by molar-refractivity contribution is 6.06. The Bertz CT molecular complexity index is 987. The molecule has 0 saturated carbocycles. The highest BCUT2D eigenvalue weighted by atomic mass is 16.5. The van der Waals surface area contributed by atoms with Crippen LogP contribution in [0.4, 0.5) is 0 Å². The molecule has 2 nitrogen and oxygen atoms in total. The van der Waals surface area contributed by atoms with E-state index in [-0.39, 0.29) is 5.97 Å². The molecule has 4 rings (SSSR count). The summed E-state index contributed by atoms with van der Waals surface area (Å²) >= 11 is 0. The lowest BCUT2D eigenvalue weighted by Gasteiger charge is -2.02. The van der Waals surface area contributed by atoms with Gasteiger partial charge in [0.25, 0.3) is 0 Å². The first kappa shape index (κ1) is 14.5. The van der Waals surface area contributed by atoms with E-state index in [1.54, 1.807) is 0 Å². The number of cyclic esters (lactones) is 1. The Balaban J connectivity index is 1.76. The summed E-state index contributed by atoms with van der Waals surface area (Å²) in [5, 5.41) is 2.28. The number of fused-ring (bicyclic) bond motifs is 1. The van der Waals surface area contributed by atoms with Crippen molar-refractivity contribution in [2.24, 2.45) is 0 Å². The molecule has 0 unspecified atom stereocenters. The highest BCUT2D eigenvalue weighted by Gasteiger charge is 2.22. The normalized spacial score (nSPS) is 15.6. The van der Waals surface area contributed by atoms with Crippen LogP contribution in [0.5, 0.6) is 0 Å². The molecule has 1 aliphatic heterocycles. The molecule has 0 aliphatic carbocycles. The molecule has 0 bridgehead atoms. The Labute approximate surface area is 140 Å². The van der Waals surface area contributed by atoms with Gasteiger partial charge in [-0.05, 0) is 35.4 Å². The average Bonchev–Trinajstić information content (AvgIpc) is 2.97. The molecule has 3 aromatic rings. The lowest BCUT2D eigenvalue weighted by atomic mass is 10.0. The van der Waals surface area contributed by atoms with Crippen molar-refractivity contribution in [3.05, 3.63) is 95.1 Å². The predicted molar refractivity (Wildman–Crippen MR) is 97.2 cm³/mol. The Hall–Kier alpha value is -3.13. The van der Waals surface area contributed by atoms with Crippen molar-refractivity contribution >= 4 is 28.6 Å². The number of ether oxygens (including phenoxy) is 1. The van der Waals surface area contributed by atoms with Crippen molar-refractivity contribution in [1.29, 1.82) is 0 Å². The molecule has 0 saturated heterocycles. The van der Waals surface area contributed by atoms with E-state index in [1.165, 1.54) is 5.56 Å². The van der Waals surface area contributed by atoms with Gasteiger partial charge in [-0.15, -0.1) is 0 Å². The summed E-state index contributed by atoms with van der Waals surface area (Å²) < 4.78 is 5.44. The van der Waals surface area contributed by atoms with E-state index in [9.17, 15) is 4.79 Å². The molecule has 0 fully saturated rings. The molecular weight excluding hydrogens is 296 g/mol. The van der Waals surface area contributed by atoms with E-state index in [0.29, 0.717) is 11.3 Å². The quantitative estimate of drug-likeness (QED) is 0.484. The van der Waals surface area contributed by atoms with Crippen molar-refractivity contribution in [2.45, 2.75) is 6.92 Å². The van der Waals surface area contributed by atoms with E-state index < -0.39 is 0 Å². The van der Waals surface area contributed by atoms with E-state index in [1.807, 2.05) is 67.6 Å². The van der Waals surface area contributed by atoms with Crippen LogP contribution in [0.1, 0.15) is 16.7 Å². The Morgan fingerprint density at radius 3 is 2.46 bits per heavy atom. The van der Waals surface area contributed by atoms with Crippen LogP contribution < -0.4 is 0 Å². The van der Waals surface area contributed by atoms with Gasteiger partial charge in [-0.2, -0.15) is 0 Å². The second-order valence-corrected chi connectivity index (χ2v) is 5.93. The van der Waals surface area contributed by atoms with Crippen LogP contribution in [0.3, 0.4) is 0 Å². The molecule has 0 atom stereocenters.